The number of aliphatic hydroxyl groups excluding tert-OH is 1. The van der Waals surface area contributed by atoms with Crippen LogP contribution >= 0.6 is 11.6 Å². The van der Waals surface area contributed by atoms with Gasteiger partial charge in [0.2, 0.25) is 5.60 Å². The molecule has 4 rings (SSSR count). The summed E-state index contributed by atoms with van der Waals surface area (Å²) in [5, 5.41) is 35.8. The first-order valence-electron chi connectivity index (χ1n) is 14.1. The van der Waals surface area contributed by atoms with E-state index < -0.39 is 48.3 Å². The summed E-state index contributed by atoms with van der Waals surface area (Å²) in [5.41, 5.74) is -1.24. The van der Waals surface area contributed by atoms with Crippen LogP contribution in [0.3, 0.4) is 0 Å². The number of hydroxylamine groups is 1. The quantitative estimate of drug-likeness (QED) is 0.188. The highest BCUT2D eigenvalue weighted by atomic mass is 35.5. The molecule has 1 heterocycles. The number of nitrogens with one attached hydrogen (secondary N) is 2. The molecule has 5 N–H and O–H groups in total. The fourth-order valence-electron chi connectivity index (χ4n) is 5.84. The molecule has 2 aromatic rings. The van der Waals surface area contributed by atoms with Gasteiger partial charge in [-0.2, -0.15) is 5.48 Å². The van der Waals surface area contributed by atoms with Crippen molar-refractivity contribution in [3.05, 3.63) is 70.7 Å². The molecular formula is C30H38ClN3O7. The molecule has 10 nitrogen and oxygen atoms in total. The second-order valence-corrected chi connectivity index (χ2v) is 11.4. The Morgan fingerprint density at radius 3 is 2.34 bits per heavy atom. The van der Waals surface area contributed by atoms with E-state index in [2.05, 4.69) is 5.32 Å². The third-order valence-electron chi connectivity index (χ3n) is 8.21. The normalized spacial score (nSPS) is 24.0. The summed E-state index contributed by atoms with van der Waals surface area (Å²) in [6.07, 6.45) is 4.52. The van der Waals surface area contributed by atoms with Crippen LogP contribution in [0.2, 0.25) is 5.02 Å². The Morgan fingerprint density at radius 2 is 1.71 bits per heavy atom. The molecule has 1 aliphatic heterocycles. The molecule has 0 aromatic heterocycles. The van der Waals surface area contributed by atoms with Gasteiger partial charge in [-0.15, -0.1) is 0 Å². The van der Waals surface area contributed by atoms with E-state index in [-0.39, 0.29) is 25.3 Å². The van der Waals surface area contributed by atoms with Crippen LogP contribution in [0.25, 0.3) is 0 Å². The maximum atomic E-state index is 14.0. The van der Waals surface area contributed by atoms with Gasteiger partial charge in [-0.25, -0.2) is 4.79 Å². The lowest BCUT2D eigenvalue weighted by molar-refractivity contribution is -0.160. The van der Waals surface area contributed by atoms with Crippen molar-refractivity contribution < 1.29 is 34.5 Å². The molecule has 0 unspecified atom stereocenters. The number of hydrogen-bond donors (Lipinski definition) is 5. The molecule has 1 saturated heterocycles. The van der Waals surface area contributed by atoms with E-state index in [9.17, 15) is 29.8 Å². The maximum Gasteiger partial charge on any atom is 0.407 e. The van der Waals surface area contributed by atoms with Gasteiger partial charge >= 0.3 is 6.09 Å². The molecule has 3 amide bonds. The van der Waals surface area contributed by atoms with Crippen molar-refractivity contribution in [2.75, 3.05) is 13.2 Å². The second kappa shape index (κ2) is 13.8. The van der Waals surface area contributed by atoms with Gasteiger partial charge in [0.1, 0.15) is 6.61 Å². The number of halogens is 1. The van der Waals surface area contributed by atoms with E-state index in [1.807, 2.05) is 23.7 Å². The van der Waals surface area contributed by atoms with Crippen LogP contribution < -0.4 is 10.8 Å². The number of alkyl carbamates (subject to hydrolysis) is 1. The molecule has 11 heteroatoms. The third-order valence-corrected chi connectivity index (χ3v) is 8.47. The van der Waals surface area contributed by atoms with Crippen LogP contribution in [0.5, 0.6) is 0 Å². The van der Waals surface area contributed by atoms with Gasteiger partial charge < -0.3 is 25.5 Å². The van der Waals surface area contributed by atoms with Crippen LogP contribution in [0.1, 0.15) is 56.1 Å². The highest BCUT2D eigenvalue weighted by Gasteiger charge is 2.70. The zero-order valence-electron chi connectivity index (χ0n) is 22.9. The number of benzene rings is 2. The molecule has 222 valence electrons. The summed E-state index contributed by atoms with van der Waals surface area (Å²) in [5.74, 6) is -1.97. The fraction of sp³-hybridized carbons (Fsp3) is 0.500. The summed E-state index contributed by atoms with van der Waals surface area (Å²) < 4.78 is 5.34. The van der Waals surface area contributed by atoms with Gasteiger partial charge in [0.15, 0.2) is 5.54 Å². The van der Waals surface area contributed by atoms with Crippen molar-refractivity contribution in [1.82, 2.24) is 15.7 Å². The second-order valence-electron chi connectivity index (χ2n) is 10.9. The summed E-state index contributed by atoms with van der Waals surface area (Å²) >= 11 is 5.97. The van der Waals surface area contributed by atoms with Gasteiger partial charge in [-0.3, -0.25) is 14.5 Å². The van der Waals surface area contributed by atoms with E-state index in [4.69, 9.17) is 16.3 Å². The average Bonchev–Trinajstić information content (AvgIpc) is 3.15. The minimum absolute atomic E-state index is 0.0759. The molecule has 1 aliphatic carbocycles. The van der Waals surface area contributed by atoms with Crippen molar-refractivity contribution in [1.29, 1.82) is 0 Å². The van der Waals surface area contributed by atoms with Crippen LogP contribution in [-0.4, -0.2) is 74.7 Å². The van der Waals surface area contributed by atoms with Crippen molar-refractivity contribution >= 4 is 29.5 Å². The Kier molecular flexibility index (Phi) is 10.4. The Morgan fingerprint density at radius 1 is 1.02 bits per heavy atom. The van der Waals surface area contributed by atoms with Gasteiger partial charge in [-0.05, 0) is 61.8 Å². The summed E-state index contributed by atoms with van der Waals surface area (Å²) in [4.78, 5) is 41.2. The smallest absolute Gasteiger partial charge is 0.407 e. The van der Waals surface area contributed by atoms with Gasteiger partial charge in [0, 0.05) is 11.1 Å². The summed E-state index contributed by atoms with van der Waals surface area (Å²) in [7, 11) is 0. The molecule has 2 aliphatic rings. The number of amides is 3. The van der Waals surface area contributed by atoms with Crippen LogP contribution in [0.4, 0.5) is 4.79 Å². The number of carbonyl (C=O) groups is 3. The fourth-order valence-corrected chi connectivity index (χ4v) is 5.97. The molecule has 2 fully saturated rings. The third kappa shape index (κ3) is 6.73. The van der Waals surface area contributed by atoms with Gasteiger partial charge in [-0.1, -0.05) is 73.3 Å². The Labute approximate surface area is 244 Å². The number of hydrogen-bond acceptors (Lipinski definition) is 8. The molecule has 0 radical (unpaired) electrons. The number of nitrogens with zero attached hydrogens (tertiary/aromatic N) is 1. The van der Waals surface area contributed by atoms with Crippen LogP contribution in [0, 0.1) is 0 Å². The highest BCUT2D eigenvalue weighted by Crippen LogP contribution is 2.40. The Bertz CT molecular complexity index is 1190. The summed E-state index contributed by atoms with van der Waals surface area (Å²) in [6.45, 7) is -1.44. The number of imide groups is 1. The molecule has 0 bridgehead atoms. The van der Waals surface area contributed by atoms with Crippen LogP contribution in [-0.2, 0) is 27.2 Å². The molecule has 41 heavy (non-hydrogen) atoms. The molecule has 2 aromatic carbocycles. The lowest BCUT2D eigenvalue weighted by Crippen LogP contribution is -2.67. The standard InChI is InChI=1S/C30H38ClN3O7/c31-23-15-13-21(14-16-23)10-7-17-29(33-40)26(36)34(25(19-35)18-22-8-3-1-4-9-22)27(37)30(29,39)20-41-28(38)32-24-11-5-2-6-12-24/h1,3-4,8-9,13-16,24-25,33,35,39-40H,2,5-7,10-12,17-20H2,(H,32,38)/t25-,29-,30-/m0/s1. The first kappa shape index (κ1) is 30.9. The molecule has 3 atom stereocenters. The van der Waals surface area contributed by atoms with E-state index in [0.29, 0.717) is 11.4 Å². The largest absolute Gasteiger partial charge is 0.446 e. The number of rotatable bonds is 12. The van der Waals surface area contributed by atoms with Crippen molar-refractivity contribution in [3.63, 3.8) is 0 Å². The Balaban J connectivity index is 1.58. The Hall–Kier alpha value is -3.02. The maximum absolute atomic E-state index is 14.0. The van der Waals surface area contributed by atoms with Gasteiger partial charge in [0.05, 0.1) is 12.6 Å². The first-order valence-corrected chi connectivity index (χ1v) is 14.5. The highest BCUT2D eigenvalue weighted by molar-refractivity contribution is 6.30. The number of carbonyl (C=O) groups excluding carboxylic acids is 3. The predicted molar refractivity (Wildman–Crippen MR) is 151 cm³/mol. The zero-order valence-corrected chi connectivity index (χ0v) is 23.7. The van der Waals surface area contributed by atoms with E-state index >= 15 is 0 Å². The molecule has 1 saturated carbocycles. The number of likely N-dealkylation sites (tertiary alicyclic amines) is 1. The van der Waals surface area contributed by atoms with E-state index in [0.717, 1.165) is 48.1 Å². The lowest BCUT2D eigenvalue weighted by atomic mass is 9.78. The number of aliphatic hydroxyl groups is 2. The molecule has 0 spiro atoms. The SMILES string of the molecule is O=C(NC1CCCCC1)OC[C@]1(O)C(=O)N([C@H](CO)Cc2ccccc2)C(=O)[C@]1(CCCc1ccc(Cl)cc1)NO. The van der Waals surface area contributed by atoms with Crippen LogP contribution in [0.15, 0.2) is 54.6 Å². The predicted octanol–water partition coefficient (Wildman–Crippen LogP) is 3.14. The van der Waals surface area contributed by atoms with Crippen molar-refractivity contribution in [3.8, 4) is 0 Å². The number of ether oxygens (including phenoxy) is 1. The van der Waals surface area contributed by atoms with E-state index in [1.165, 1.54) is 0 Å². The topological polar surface area (TPSA) is 148 Å². The lowest BCUT2D eigenvalue weighted by Gasteiger charge is -2.36. The molecular weight excluding hydrogens is 550 g/mol. The summed E-state index contributed by atoms with van der Waals surface area (Å²) in [6, 6.07) is 15.0. The average molecular weight is 588 g/mol. The number of aryl methyl sites for hydroxylation is 1. The van der Waals surface area contributed by atoms with Gasteiger partial charge in [0.25, 0.3) is 11.8 Å². The monoisotopic (exact) mass is 587 g/mol. The minimum Gasteiger partial charge on any atom is -0.446 e. The first-order chi connectivity index (χ1) is 19.7. The van der Waals surface area contributed by atoms with Crippen molar-refractivity contribution in [2.45, 2.75) is 81.0 Å². The minimum atomic E-state index is -2.63. The zero-order chi connectivity index (χ0) is 29.5. The van der Waals surface area contributed by atoms with E-state index in [1.54, 1.807) is 36.4 Å². The van der Waals surface area contributed by atoms with Crippen molar-refractivity contribution in [2.24, 2.45) is 0 Å².